The lowest BCUT2D eigenvalue weighted by molar-refractivity contribution is -0.126. The summed E-state index contributed by atoms with van der Waals surface area (Å²) in [4.78, 5) is 26.7. The number of nitrogens with zero attached hydrogens (tertiary/aromatic N) is 1. The van der Waals surface area contributed by atoms with Gasteiger partial charge in [0.05, 0.1) is 5.38 Å². The summed E-state index contributed by atoms with van der Waals surface area (Å²) in [6, 6.07) is 5.68. The maximum Gasteiger partial charge on any atom is 0.232 e. The molecule has 1 aromatic rings. The van der Waals surface area contributed by atoms with E-state index in [1.54, 1.807) is 6.07 Å². The van der Waals surface area contributed by atoms with Crippen LogP contribution in [-0.4, -0.2) is 23.1 Å². The predicted molar refractivity (Wildman–Crippen MR) is 90.8 cm³/mol. The van der Waals surface area contributed by atoms with Crippen molar-refractivity contribution in [2.75, 3.05) is 4.90 Å². The number of halogens is 1. The first-order valence-electron chi connectivity index (χ1n) is 7.81. The number of ketones is 1. The number of carbonyl (C=O) groups excluding carboxylic acids is 2. The van der Waals surface area contributed by atoms with E-state index in [0.717, 1.165) is 17.7 Å². The number of Topliss-reactive ketones (excluding diaryl/α,β-unsaturated/α-hetero) is 1. The number of benzene rings is 1. The molecule has 2 rings (SSSR count). The van der Waals surface area contributed by atoms with Gasteiger partial charge in [-0.1, -0.05) is 27.7 Å². The van der Waals surface area contributed by atoms with Crippen LogP contribution >= 0.6 is 11.6 Å². The van der Waals surface area contributed by atoms with Gasteiger partial charge in [0.2, 0.25) is 5.91 Å². The van der Waals surface area contributed by atoms with Crippen LogP contribution in [-0.2, 0) is 11.2 Å². The molecule has 1 amide bonds. The van der Waals surface area contributed by atoms with Gasteiger partial charge in [0.15, 0.2) is 5.78 Å². The Hall–Kier alpha value is -1.35. The van der Waals surface area contributed by atoms with Gasteiger partial charge in [0.25, 0.3) is 0 Å². The van der Waals surface area contributed by atoms with E-state index in [-0.39, 0.29) is 17.7 Å². The van der Waals surface area contributed by atoms with Crippen LogP contribution < -0.4 is 4.90 Å². The molecule has 22 heavy (non-hydrogen) atoms. The van der Waals surface area contributed by atoms with Crippen LogP contribution in [0.1, 0.15) is 57.0 Å². The van der Waals surface area contributed by atoms with E-state index in [4.69, 9.17) is 11.6 Å². The van der Waals surface area contributed by atoms with Crippen molar-refractivity contribution < 1.29 is 9.59 Å². The summed E-state index contributed by atoms with van der Waals surface area (Å²) in [5, 5.41) is -0.482. The molecule has 0 bridgehead atoms. The van der Waals surface area contributed by atoms with Crippen LogP contribution in [0.25, 0.3) is 0 Å². The van der Waals surface area contributed by atoms with Gasteiger partial charge in [-0.05, 0) is 43.5 Å². The van der Waals surface area contributed by atoms with Crippen molar-refractivity contribution in [1.82, 2.24) is 0 Å². The molecule has 1 aliphatic rings. The van der Waals surface area contributed by atoms with Gasteiger partial charge < -0.3 is 4.90 Å². The van der Waals surface area contributed by atoms with Crippen molar-refractivity contribution in [1.29, 1.82) is 0 Å². The molecule has 0 fully saturated rings. The van der Waals surface area contributed by atoms with Gasteiger partial charge >= 0.3 is 0 Å². The van der Waals surface area contributed by atoms with Gasteiger partial charge in [-0.15, -0.1) is 11.6 Å². The smallest absolute Gasteiger partial charge is 0.232 e. The molecule has 0 spiro atoms. The molecule has 120 valence electrons. The van der Waals surface area contributed by atoms with Crippen LogP contribution in [0.2, 0.25) is 0 Å². The lowest BCUT2D eigenvalue weighted by Gasteiger charge is -2.29. The maximum absolute atomic E-state index is 12.7. The van der Waals surface area contributed by atoms with Crippen molar-refractivity contribution >= 4 is 29.0 Å². The van der Waals surface area contributed by atoms with Crippen LogP contribution in [0, 0.1) is 5.41 Å². The fourth-order valence-electron chi connectivity index (χ4n) is 2.82. The first kappa shape index (κ1) is 17.0. The molecule has 0 saturated heterocycles. The third kappa shape index (κ3) is 3.05. The summed E-state index contributed by atoms with van der Waals surface area (Å²) in [7, 11) is 0. The molecule has 1 heterocycles. The number of fused-ring (bicyclic) bond motifs is 1. The first-order valence-corrected chi connectivity index (χ1v) is 8.25. The number of carbonyl (C=O) groups is 2. The Morgan fingerprint density at radius 3 is 2.55 bits per heavy atom. The van der Waals surface area contributed by atoms with Gasteiger partial charge in [0, 0.05) is 22.7 Å². The summed E-state index contributed by atoms with van der Waals surface area (Å²) < 4.78 is 0. The minimum absolute atomic E-state index is 0.0415. The largest absolute Gasteiger partial charge is 0.309 e. The highest BCUT2D eigenvalue weighted by Gasteiger charge is 2.36. The fraction of sp³-hybridized carbons (Fsp3) is 0.556. The van der Waals surface area contributed by atoms with Crippen molar-refractivity contribution in [3.05, 3.63) is 29.3 Å². The number of amides is 1. The second kappa shape index (κ2) is 6.04. The monoisotopic (exact) mass is 321 g/mol. The normalized spacial score (nSPS) is 19.0. The minimum Gasteiger partial charge on any atom is -0.309 e. The van der Waals surface area contributed by atoms with E-state index in [9.17, 15) is 9.59 Å². The molecule has 0 aliphatic carbocycles. The summed E-state index contributed by atoms with van der Waals surface area (Å²) in [6.07, 6.45) is 1.39. The molecule has 0 saturated carbocycles. The molecule has 2 unspecified atom stereocenters. The van der Waals surface area contributed by atoms with Gasteiger partial charge in [-0.2, -0.15) is 0 Å². The number of hydrogen-bond donors (Lipinski definition) is 0. The van der Waals surface area contributed by atoms with Crippen LogP contribution in [0.5, 0.6) is 0 Å². The van der Waals surface area contributed by atoms with Gasteiger partial charge in [-0.25, -0.2) is 0 Å². The first-order chi connectivity index (χ1) is 10.2. The van der Waals surface area contributed by atoms with Crippen molar-refractivity contribution in [3.63, 3.8) is 0 Å². The second-order valence-corrected chi connectivity index (χ2v) is 7.59. The van der Waals surface area contributed by atoms with Crippen LogP contribution in [0.15, 0.2) is 18.2 Å². The number of alkyl halides is 1. The number of anilines is 1. The average molecular weight is 322 g/mol. The second-order valence-electron chi connectivity index (χ2n) is 7.06. The van der Waals surface area contributed by atoms with E-state index in [0.29, 0.717) is 12.0 Å². The zero-order valence-corrected chi connectivity index (χ0v) is 14.7. The molecule has 4 heteroatoms. The van der Waals surface area contributed by atoms with Gasteiger partial charge in [0.1, 0.15) is 0 Å². The molecular weight excluding hydrogens is 298 g/mol. The number of rotatable bonds is 3. The quantitative estimate of drug-likeness (QED) is 0.617. The Balaban J connectivity index is 2.36. The highest BCUT2D eigenvalue weighted by molar-refractivity contribution is 6.33. The predicted octanol–water partition coefficient (Wildman–Crippen LogP) is 4.21. The molecule has 1 aromatic carbocycles. The Morgan fingerprint density at radius 2 is 2.00 bits per heavy atom. The minimum atomic E-state index is -0.482. The van der Waals surface area contributed by atoms with E-state index in [1.165, 1.54) is 0 Å². The molecular formula is C18H24ClNO2. The van der Waals surface area contributed by atoms with Crippen LogP contribution in [0.4, 0.5) is 5.69 Å². The average Bonchev–Trinajstić information content (AvgIpc) is 2.78. The SMILES string of the molecule is CCC(Cl)C(=O)c1ccc2c(c1)CC(C)N2C(=O)C(C)(C)C. The zero-order valence-electron chi connectivity index (χ0n) is 13.9. The third-order valence-electron chi connectivity index (χ3n) is 4.08. The van der Waals surface area contributed by atoms with Crippen molar-refractivity contribution in [2.24, 2.45) is 5.41 Å². The Kier molecular flexibility index (Phi) is 4.67. The van der Waals surface area contributed by atoms with E-state index in [2.05, 4.69) is 0 Å². The standard InChI is InChI=1S/C18H24ClNO2/c1-6-14(19)16(21)12-7-8-15-13(10-12)9-11(2)20(15)17(22)18(3,4)5/h7-8,10-11,14H,6,9H2,1-5H3. The summed E-state index contributed by atoms with van der Waals surface area (Å²) >= 11 is 6.05. The molecule has 0 radical (unpaired) electrons. The molecule has 0 N–H and O–H groups in total. The highest BCUT2D eigenvalue weighted by Crippen LogP contribution is 2.36. The maximum atomic E-state index is 12.7. The molecule has 0 aromatic heterocycles. The summed E-state index contributed by atoms with van der Waals surface area (Å²) in [6.45, 7) is 9.72. The third-order valence-corrected chi connectivity index (χ3v) is 4.59. The Morgan fingerprint density at radius 1 is 1.36 bits per heavy atom. The lowest BCUT2D eigenvalue weighted by atomic mass is 9.94. The topological polar surface area (TPSA) is 37.4 Å². The highest BCUT2D eigenvalue weighted by atomic mass is 35.5. The summed E-state index contributed by atoms with van der Waals surface area (Å²) in [5.74, 6) is 0.0711. The van der Waals surface area contributed by atoms with E-state index >= 15 is 0 Å². The van der Waals surface area contributed by atoms with Crippen LogP contribution in [0.3, 0.4) is 0 Å². The van der Waals surface area contributed by atoms with E-state index < -0.39 is 10.8 Å². The molecule has 1 aliphatic heterocycles. The van der Waals surface area contributed by atoms with Crippen molar-refractivity contribution in [3.8, 4) is 0 Å². The Bertz CT molecular complexity index is 604. The molecule has 2 atom stereocenters. The van der Waals surface area contributed by atoms with E-state index in [1.807, 2.05) is 51.7 Å². The zero-order chi connectivity index (χ0) is 16.7. The fourth-order valence-corrected chi connectivity index (χ4v) is 2.95. The molecule has 3 nitrogen and oxygen atoms in total. The number of hydrogen-bond acceptors (Lipinski definition) is 2. The lowest BCUT2D eigenvalue weighted by Crippen LogP contribution is -2.42. The van der Waals surface area contributed by atoms with Crippen molar-refractivity contribution in [2.45, 2.75) is 58.9 Å². The Labute approximate surface area is 137 Å². The van der Waals surface area contributed by atoms with Gasteiger partial charge in [-0.3, -0.25) is 9.59 Å². The summed E-state index contributed by atoms with van der Waals surface area (Å²) in [5.41, 5.74) is 2.19.